The maximum Gasteiger partial charge on any atom is 0.472 e. The van der Waals surface area contributed by atoms with Crippen molar-refractivity contribution in [3.63, 3.8) is 0 Å². The molecule has 0 amide bonds. The van der Waals surface area contributed by atoms with E-state index in [2.05, 4.69) is 41.5 Å². The average molecular weight is 1370 g/mol. The van der Waals surface area contributed by atoms with Gasteiger partial charge in [-0.15, -0.1) is 0 Å². The summed E-state index contributed by atoms with van der Waals surface area (Å²) in [5, 5.41) is 10.6. The van der Waals surface area contributed by atoms with Gasteiger partial charge in [0.1, 0.15) is 19.3 Å². The normalized spacial score (nSPS) is 14.1. The van der Waals surface area contributed by atoms with Crippen LogP contribution in [0.15, 0.2) is 0 Å². The number of carbonyl (C=O) groups is 4. The van der Waals surface area contributed by atoms with Gasteiger partial charge in [-0.05, 0) is 37.5 Å². The van der Waals surface area contributed by atoms with E-state index in [0.717, 1.165) is 96.3 Å². The minimum absolute atomic E-state index is 0.101. The third-order valence-electron chi connectivity index (χ3n) is 17.2. The number of phosphoric acid groups is 2. The van der Waals surface area contributed by atoms with Gasteiger partial charge in [0, 0.05) is 25.7 Å². The van der Waals surface area contributed by atoms with Gasteiger partial charge in [0.2, 0.25) is 0 Å². The number of hydrogen-bond donors (Lipinski definition) is 3. The van der Waals surface area contributed by atoms with Gasteiger partial charge in [0.25, 0.3) is 0 Å². The molecule has 0 bridgehead atoms. The van der Waals surface area contributed by atoms with Gasteiger partial charge >= 0.3 is 39.5 Å². The van der Waals surface area contributed by atoms with Crippen molar-refractivity contribution in [2.24, 2.45) is 11.8 Å². The van der Waals surface area contributed by atoms with Crippen molar-refractivity contribution in [3.8, 4) is 0 Å². The Morgan fingerprint density at radius 2 is 0.495 bits per heavy atom. The van der Waals surface area contributed by atoms with Gasteiger partial charge in [0.15, 0.2) is 12.2 Å². The largest absolute Gasteiger partial charge is 0.472 e. The molecule has 93 heavy (non-hydrogen) atoms. The maximum absolute atomic E-state index is 13.1. The van der Waals surface area contributed by atoms with E-state index in [1.165, 1.54) is 193 Å². The molecule has 0 fully saturated rings. The molecule has 0 aliphatic rings. The lowest BCUT2D eigenvalue weighted by Crippen LogP contribution is -2.30. The first-order chi connectivity index (χ1) is 44.9. The third-order valence-corrected chi connectivity index (χ3v) is 19.1. The van der Waals surface area contributed by atoms with Crippen LogP contribution in [-0.4, -0.2) is 96.7 Å². The van der Waals surface area contributed by atoms with Gasteiger partial charge in [-0.2, -0.15) is 0 Å². The average Bonchev–Trinajstić information content (AvgIpc) is 1.82. The van der Waals surface area contributed by atoms with Gasteiger partial charge in [-0.25, -0.2) is 9.13 Å². The van der Waals surface area contributed by atoms with Crippen LogP contribution >= 0.6 is 15.6 Å². The highest BCUT2D eigenvalue weighted by Crippen LogP contribution is 2.45. The predicted octanol–water partition coefficient (Wildman–Crippen LogP) is 21.6. The van der Waals surface area contributed by atoms with E-state index in [9.17, 15) is 43.2 Å². The van der Waals surface area contributed by atoms with Crippen molar-refractivity contribution in [1.29, 1.82) is 0 Å². The lowest BCUT2D eigenvalue weighted by molar-refractivity contribution is -0.161. The minimum atomic E-state index is -4.95. The number of ether oxygens (including phenoxy) is 4. The Morgan fingerprint density at radius 1 is 0.290 bits per heavy atom. The standard InChI is InChI=1S/C74H144O17P2/c1-7-9-11-13-15-17-19-21-23-24-25-26-27-28-29-31-33-35-37-46-52-58-73(78)90-69(62-84-71(76)56-50-44-36-34-32-30-22-20-18-16-14-12-10-8-2)64-88-92(80,81)86-60-68(75)61-87-93(82,83)89-65-70(91-74(79)59-53-47-41-39-43-49-55-67(5)6)63-85-72(77)57-51-45-40-38-42-48-54-66(3)4/h66-70,75H,7-65H2,1-6H3,(H,80,81)(H,82,83)/t68-,69-,70-/m1/s1. The first kappa shape index (κ1) is 91.1. The van der Waals surface area contributed by atoms with E-state index in [0.29, 0.717) is 37.5 Å². The van der Waals surface area contributed by atoms with Crippen LogP contribution in [0.4, 0.5) is 0 Å². The Bertz CT molecular complexity index is 1800. The zero-order valence-electron chi connectivity index (χ0n) is 60.6. The molecule has 19 heteroatoms. The van der Waals surface area contributed by atoms with Crippen LogP contribution in [0, 0.1) is 11.8 Å². The smallest absolute Gasteiger partial charge is 0.462 e. The number of unbranched alkanes of at least 4 members (excludes halogenated alkanes) is 43. The summed E-state index contributed by atoms with van der Waals surface area (Å²) < 4.78 is 68.3. The van der Waals surface area contributed by atoms with Crippen LogP contribution in [0.2, 0.25) is 0 Å². The fraction of sp³-hybridized carbons (Fsp3) is 0.946. The fourth-order valence-electron chi connectivity index (χ4n) is 11.3. The van der Waals surface area contributed by atoms with E-state index < -0.39 is 97.5 Å². The summed E-state index contributed by atoms with van der Waals surface area (Å²) in [6, 6.07) is 0. The Labute approximate surface area is 568 Å². The number of carbonyl (C=O) groups excluding carboxylic acids is 4. The molecule has 0 aromatic rings. The Kier molecular flexibility index (Phi) is 64.6. The summed E-state index contributed by atoms with van der Waals surface area (Å²) >= 11 is 0. The Balaban J connectivity index is 5.17. The minimum Gasteiger partial charge on any atom is -0.462 e. The molecule has 2 unspecified atom stereocenters. The van der Waals surface area contributed by atoms with Crippen molar-refractivity contribution in [2.45, 2.75) is 400 Å². The molecule has 0 spiro atoms. The molecule has 17 nitrogen and oxygen atoms in total. The quantitative estimate of drug-likeness (QED) is 0.0222. The zero-order chi connectivity index (χ0) is 68.6. The SMILES string of the molecule is CCCCCCCCCCCCCCCCCCCCCCCC(=O)O[C@H](COC(=O)CCCCCCCCCCCCCCCC)COP(=O)(O)OC[C@@H](O)COP(=O)(O)OC[C@@H](COC(=O)CCCCCCCCC(C)C)OC(=O)CCCCCCCCC(C)C. The summed E-state index contributed by atoms with van der Waals surface area (Å²) in [6.45, 7) is 9.39. The number of phosphoric ester groups is 2. The number of rotatable bonds is 73. The van der Waals surface area contributed by atoms with Gasteiger partial charge < -0.3 is 33.8 Å². The van der Waals surface area contributed by atoms with E-state index in [-0.39, 0.29) is 25.7 Å². The van der Waals surface area contributed by atoms with Crippen LogP contribution in [0.1, 0.15) is 382 Å². The van der Waals surface area contributed by atoms with Crippen LogP contribution in [0.3, 0.4) is 0 Å². The molecule has 552 valence electrons. The molecule has 0 saturated heterocycles. The van der Waals surface area contributed by atoms with Crippen molar-refractivity contribution in [3.05, 3.63) is 0 Å². The molecule has 0 aliphatic carbocycles. The lowest BCUT2D eigenvalue weighted by atomic mass is 10.0. The van der Waals surface area contributed by atoms with Gasteiger partial charge in [-0.1, -0.05) is 330 Å². The van der Waals surface area contributed by atoms with Crippen LogP contribution in [0.25, 0.3) is 0 Å². The molecule has 0 saturated carbocycles. The van der Waals surface area contributed by atoms with Crippen molar-refractivity contribution >= 4 is 39.5 Å². The van der Waals surface area contributed by atoms with E-state index in [4.69, 9.17) is 37.0 Å². The monoisotopic (exact) mass is 1370 g/mol. The first-order valence-electron chi connectivity index (χ1n) is 38.5. The molecular weight excluding hydrogens is 1220 g/mol. The van der Waals surface area contributed by atoms with Crippen molar-refractivity contribution in [1.82, 2.24) is 0 Å². The van der Waals surface area contributed by atoms with Crippen LogP contribution < -0.4 is 0 Å². The topological polar surface area (TPSA) is 237 Å². The van der Waals surface area contributed by atoms with Gasteiger partial charge in [0.05, 0.1) is 26.4 Å². The highest BCUT2D eigenvalue weighted by atomic mass is 31.2. The molecule has 0 aliphatic heterocycles. The first-order valence-corrected chi connectivity index (χ1v) is 41.5. The summed E-state index contributed by atoms with van der Waals surface area (Å²) in [5.74, 6) is -0.777. The Hall–Kier alpha value is -1.94. The predicted molar refractivity (Wildman–Crippen MR) is 377 cm³/mol. The van der Waals surface area contributed by atoms with Gasteiger partial charge in [-0.3, -0.25) is 37.3 Å². The van der Waals surface area contributed by atoms with Crippen LogP contribution in [0.5, 0.6) is 0 Å². The lowest BCUT2D eigenvalue weighted by Gasteiger charge is -2.21. The Morgan fingerprint density at radius 3 is 0.731 bits per heavy atom. The molecule has 0 radical (unpaired) electrons. The number of hydrogen-bond acceptors (Lipinski definition) is 15. The number of aliphatic hydroxyl groups is 1. The molecule has 5 atom stereocenters. The van der Waals surface area contributed by atoms with Crippen molar-refractivity contribution in [2.75, 3.05) is 39.6 Å². The number of aliphatic hydroxyl groups excluding tert-OH is 1. The second kappa shape index (κ2) is 66.0. The van der Waals surface area contributed by atoms with E-state index in [1.807, 2.05) is 0 Å². The zero-order valence-corrected chi connectivity index (χ0v) is 62.3. The summed E-state index contributed by atoms with van der Waals surface area (Å²) in [5.41, 5.74) is 0. The molecule has 0 heterocycles. The molecular formula is C74H144O17P2. The molecule has 0 aromatic carbocycles. The third kappa shape index (κ3) is 68.4. The van der Waals surface area contributed by atoms with Crippen molar-refractivity contribution < 1.29 is 80.2 Å². The second-order valence-corrected chi connectivity index (χ2v) is 30.5. The highest BCUT2D eigenvalue weighted by Gasteiger charge is 2.30. The summed E-state index contributed by atoms with van der Waals surface area (Å²) in [6.07, 6.45) is 53.3. The number of esters is 4. The molecule has 0 aromatic heterocycles. The van der Waals surface area contributed by atoms with E-state index in [1.54, 1.807) is 0 Å². The highest BCUT2D eigenvalue weighted by molar-refractivity contribution is 7.47. The van der Waals surface area contributed by atoms with E-state index >= 15 is 0 Å². The molecule has 0 rings (SSSR count). The molecule has 3 N–H and O–H groups in total. The summed E-state index contributed by atoms with van der Waals surface area (Å²) in [4.78, 5) is 72.6. The van der Waals surface area contributed by atoms with Crippen LogP contribution in [-0.2, 0) is 65.4 Å². The maximum atomic E-state index is 13.1. The second-order valence-electron chi connectivity index (χ2n) is 27.6. The fourth-order valence-corrected chi connectivity index (χ4v) is 12.9. The summed E-state index contributed by atoms with van der Waals surface area (Å²) in [7, 11) is -9.90.